The average Bonchev–Trinajstić information content (AvgIpc) is 3.31. The highest BCUT2D eigenvalue weighted by atomic mass is 16.5. The van der Waals surface area contributed by atoms with Gasteiger partial charge in [-0.3, -0.25) is 4.79 Å². The molecule has 2 bridgehead atoms. The van der Waals surface area contributed by atoms with Crippen molar-refractivity contribution in [2.75, 3.05) is 0 Å². The van der Waals surface area contributed by atoms with E-state index in [1.165, 1.54) is 24.8 Å². The highest BCUT2D eigenvalue weighted by Gasteiger charge is 2.52. The summed E-state index contributed by atoms with van der Waals surface area (Å²) in [5, 5.41) is 0. The molecule has 0 aliphatic heterocycles. The Kier molecular flexibility index (Phi) is 3.39. The molecule has 1 aromatic rings. The minimum atomic E-state index is 0.154. The fourth-order valence-corrected chi connectivity index (χ4v) is 5.46. The molecule has 0 radical (unpaired) electrons. The summed E-state index contributed by atoms with van der Waals surface area (Å²) >= 11 is 0. The van der Waals surface area contributed by atoms with Crippen LogP contribution < -0.4 is 0 Å². The molecule has 124 valence electrons. The number of fused-ring (bicyclic) bond motifs is 5. The summed E-state index contributed by atoms with van der Waals surface area (Å²) in [7, 11) is 0. The Morgan fingerprint density at radius 2 is 1.75 bits per heavy atom. The number of ether oxygens (including phenoxy) is 1. The first-order valence-electron chi connectivity index (χ1n) is 9.47. The molecular formula is C22H24O2. The van der Waals surface area contributed by atoms with Gasteiger partial charge in [0.2, 0.25) is 5.78 Å². The molecule has 2 nitrogen and oxygen atoms in total. The predicted molar refractivity (Wildman–Crippen MR) is 93.3 cm³/mol. The largest absolute Gasteiger partial charge is 0.486 e. The third-order valence-electron chi connectivity index (χ3n) is 6.62. The Balaban J connectivity index is 1.37. The molecule has 4 aliphatic rings. The van der Waals surface area contributed by atoms with E-state index in [1.54, 1.807) is 0 Å². The van der Waals surface area contributed by atoms with Gasteiger partial charge in [0.1, 0.15) is 6.10 Å². The van der Waals surface area contributed by atoms with Crippen LogP contribution in [0, 0.1) is 23.7 Å². The third kappa shape index (κ3) is 2.19. The Morgan fingerprint density at radius 1 is 0.958 bits per heavy atom. The Hall–Kier alpha value is -1.83. The van der Waals surface area contributed by atoms with Gasteiger partial charge in [0.25, 0.3) is 0 Å². The number of allylic oxidation sites excluding steroid dienone is 4. The first kappa shape index (κ1) is 14.5. The molecule has 0 aromatic heterocycles. The van der Waals surface area contributed by atoms with E-state index in [9.17, 15) is 4.79 Å². The molecule has 5 rings (SSSR count). The zero-order valence-electron chi connectivity index (χ0n) is 13.9. The van der Waals surface area contributed by atoms with Crippen molar-refractivity contribution in [2.24, 2.45) is 23.7 Å². The lowest BCUT2D eigenvalue weighted by molar-refractivity contribution is -0.124. The number of hydrogen-bond donors (Lipinski definition) is 0. The summed E-state index contributed by atoms with van der Waals surface area (Å²) in [5.74, 6) is 2.98. The molecule has 6 atom stereocenters. The fraction of sp³-hybridized carbons (Fsp3) is 0.500. The second-order valence-electron chi connectivity index (χ2n) is 7.90. The second-order valence-corrected chi connectivity index (χ2v) is 7.90. The Bertz CT molecular complexity index is 702. The molecule has 2 saturated carbocycles. The lowest BCUT2D eigenvalue weighted by Gasteiger charge is -2.32. The Labute approximate surface area is 143 Å². The van der Waals surface area contributed by atoms with Crippen molar-refractivity contribution in [3.05, 3.63) is 59.9 Å². The van der Waals surface area contributed by atoms with E-state index in [1.807, 2.05) is 0 Å². The molecule has 0 spiro atoms. The van der Waals surface area contributed by atoms with Gasteiger partial charge >= 0.3 is 0 Å². The zero-order valence-corrected chi connectivity index (χ0v) is 13.9. The van der Waals surface area contributed by atoms with E-state index in [0.29, 0.717) is 29.4 Å². The summed E-state index contributed by atoms with van der Waals surface area (Å²) in [6.07, 6.45) is 12.7. The lowest BCUT2D eigenvalue weighted by atomic mass is 9.81. The molecule has 0 saturated heterocycles. The van der Waals surface area contributed by atoms with Crippen molar-refractivity contribution in [1.82, 2.24) is 0 Å². The van der Waals surface area contributed by atoms with Crippen molar-refractivity contribution in [3.63, 3.8) is 0 Å². The maximum Gasteiger partial charge on any atom is 0.201 e. The van der Waals surface area contributed by atoms with E-state index in [4.69, 9.17) is 4.74 Å². The summed E-state index contributed by atoms with van der Waals surface area (Å²) in [4.78, 5) is 12.9. The van der Waals surface area contributed by atoms with Gasteiger partial charge in [-0.1, -0.05) is 48.9 Å². The van der Waals surface area contributed by atoms with Crippen LogP contribution in [0.25, 0.3) is 0 Å². The summed E-state index contributed by atoms with van der Waals surface area (Å²) in [6, 6.07) is 10.7. The van der Waals surface area contributed by atoms with Crippen molar-refractivity contribution >= 4 is 5.78 Å². The molecule has 4 aliphatic carbocycles. The molecule has 0 amide bonds. The van der Waals surface area contributed by atoms with Crippen LogP contribution in [0.5, 0.6) is 0 Å². The van der Waals surface area contributed by atoms with E-state index < -0.39 is 0 Å². The molecule has 0 N–H and O–H groups in total. The molecular weight excluding hydrogens is 296 g/mol. The summed E-state index contributed by atoms with van der Waals surface area (Å²) < 4.78 is 6.38. The highest BCUT2D eigenvalue weighted by molar-refractivity contribution is 5.99. The number of benzene rings is 1. The normalized spacial score (nSPS) is 39.8. The van der Waals surface area contributed by atoms with Gasteiger partial charge in [-0.05, 0) is 55.1 Å². The minimum absolute atomic E-state index is 0.154. The van der Waals surface area contributed by atoms with Crippen LogP contribution in [0.1, 0.15) is 43.6 Å². The number of ketones is 1. The number of Topliss-reactive ketones (excluding diaryl/α,β-unsaturated/α-hetero) is 1. The maximum atomic E-state index is 12.9. The second kappa shape index (κ2) is 5.61. The van der Waals surface area contributed by atoms with Gasteiger partial charge in [-0.15, -0.1) is 0 Å². The van der Waals surface area contributed by atoms with Crippen molar-refractivity contribution in [1.29, 1.82) is 0 Å². The van der Waals surface area contributed by atoms with E-state index in [0.717, 1.165) is 12.8 Å². The highest BCUT2D eigenvalue weighted by Crippen LogP contribution is 2.53. The van der Waals surface area contributed by atoms with Crippen LogP contribution in [-0.2, 0) is 9.53 Å². The van der Waals surface area contributed by atoms with E-state index >= 15 is 0 Å². The maximum absolute atomic E-state index is 12.9. The SMILES string of the molecule is O=C1C(O[C@@H]2CCCC[C@H]2c2ccccc2)=C[C@H]2[C@@H]1[C@H]1C=C[C@@H]2C1. The van der Waals surface area contributed by atoms with E-state index in [2.05, 4.69) is 48.6 Å². The van der Waals surface area contributed by atoms with Crippen LogP contribution in [-0.4, -0.2) is 11.9 Å². The summed E-state index contributed by atoms with van der Waals surface area (Å²) in [5.41, 5.74) is 1.36. The number of rotatable bonds is 3. The zero-order chi connectivity index (χ0) is 16.1. The number of carbonyl (C=O) groups excluding carboxylic acids is 1. The van der Waals surface area contributed by atoms with Crippen molar-refractivity contribution < 1.29 is 9.53 Å². The number of carbonyl (C=O) groups is 1. The predicted octanol–water partition coefficient (Wildman–Crippen LogP) is 4.63. The monoisotopic (exact) mass is 320 g/mol. The third-order valence-corrected chi connectivity index (χ3v) is 6.62. The van der Waals surface area contributed by atoms with Gasteiger partial charge < -0.3 is 4.74 Å². The topological polar surface area (TPSA) is 26.3 Å². The van der Waals surface area contributed by atoms with Crippen LogP contribution in [0.3, 0.4) is 0 Å². The summed E-state index contributed by atoms with van der Waals surface area (Å²) in [6.45, 7) is 0. The molecule has 24 heavy (non-hydrogen) atoms. The van der Waals surface area contributed by atoms with Crippen molar-refractivity contribution in [3.8, 4) is 0 Å². The number of hydrogen-bond acceptors (Lipinski definition) is 2. The quantitative estimate of drug-likeness (QED) is 0.759. The molecule has 2 fully saturated rings. The molecule has 0 heterocycles. The lowest BCUT2D eigenvalue weighted by Crippen LogP contribution is -2.28. The van der Waals surface area contributed by atoms with Crippen LogP contribution >= 0.6 is 0 Å². The van der Waals surface area contributed by atoms with Gasteiger partial charge in [0, 0.05) is 11.8 Å². The first-order valence-corrected chi connectivity index (χ1v) is 9.47. The molecule has 0 unspecified atom stereocenters. The Morgan fingerprint density at radius 3 is 2.58 bits per heavy atom. The van der Waals surface area contributed by atoms with Gasteiger partial charge in [0.15, 0.2) is 5.76 Å². The average molecular weight is 320 g/mol. The standard InChI is InChI=1S/C22H24O2/c23-22-20(13-18-15-10-11-16(12-15)21(18)22)24-19-9-5-4-8-17(19)14-6-2-1-3-7-14/h1-3,6-7,10-11,13,15-19,21H,4-5,8-9,12H2/t15-,16+,17+,18-,19-,21+/m1/s1. The molecule has 2 heteroatoms. The van der Waals surface area contributed by atoms with Crippen LogP contribution in [0.15, 0.2) is 54.3 Å². The van der Waals surface area contributed by atoms with Crippen LogP contribution in [0.4, 0.5) is 0 Å². The minimum Gasteiger partial charge on any atom is -0.486 e. The smallest absolute Gasteiger partial charge is 0.201 e. The van der Waals surface area contributed by atoms with Crippen LogP contribution in [0.2, 0.25) is 0 Å². The van der Waals surface area contributed by atoms with Gasteiger partial charge in [-0.2, -0.15) is 0 Å². The fourth-order valence-electron chi connectivity index (χ4n) is 5.46. The van der Waals surface area contributed by atoms with Gasteiger partial charge in [0.05, 0.1) is 0 Å². The van der Waals surface area contributed by atoms with Gasteiger partial charge in [-0.25, -0.2) is 0 Å². The molecule has 1 aromatic carbocycles. The first-order chi connectivity index (χ1) is 11.8. The van der Waals surface area contributed by atoms with E-state index in [-0.39, 0.29) is 17.8 Å². The van der Waals surface area contributed by atoms with Crippen molar-refractivity contribution in [2.45, 2.75) is 44.1 Å².